The minimum atomic E-state index is 1.10. The Morgan fingerprint density at radius 1 is 0.938 bits per heavy atom. The molecule has 0 bridgehead atoms. The molecule has 0 fully saturated rings. The molecule has 1 heteroatoms. The second-order valence-electron chi connectivity index (χ2n) is 5.28. The van der Waals surface area contributed by atoms with Gasteiger partial charge in [0.2, 0.25) is 0 Å². The molecule has 0 spiro atoms. The summed E-state index contributed by atoms with van der Waals surface area (Å²) in [7, 11) is 2.33. The van der Waals surface area contributed by atoms with Crippen LogP contribution in [0.2, 0.25) is 0 Å². The van der Waals surface area contributed by atoms with Gasteiger partial charge in [0, 0.05) is 0 Å². The highest BCUT2D eigenvalue weighted by Crippen LogP contribution is 2.13. The fraction of sp³-hybridized carbons (Fsp3) is 0.733. The fourth-order valence-corrected chi connectivity index (χ4v) is 2.29. The summed E-state index contributed by atoms with van der Waals surface area (Å²) in [5.74, 6) is 0. The smallest absolute Gasteiger partial charge is 0.102 e. The van der Waals surface area contributed by atoms with Crippen molar-refractivity contribution in [2.24, 2.45) is 0 Å². The van der Waals surface area contributed by atoms with Crippen LogP contribution >= 0.6 is 0 Å². The van der Waals surface area contributed by atoms with Crippen molar-refractivity contribution in [2.45, 2.75) is 51.9 Å². The summed E-state index contributed by atoms with van der Waals surface area (Å²) in [4.78, 5) is 0. The van der Waals surface area contributed by atoms with Gasteiger partial charge >= 0.3 is 0 Å². The molecule has 0 aliphatic carbocycles. The van der Waals surface area contributed by atoms with Gasteiger partial charge < -0.3 is 0 Å². The molecule has 1 nitrogen and oxygen atoms in total. The zero-order valence-corrected chi connectivity index (χ0v) is 11.1. The molecule has 0 saturated carbocycles. The number of allylic oxidation sites excluding steroid dienone is 2. The van der Waals surface area contributed by atoms with E-state index in [1.165, 1.54) is 58.0 Å². The molecule has 1 unspecified atom stereocenters. The zero-order chi connectivity index (χ0) is 11.7. The highest BCUT2D eigenvalue weighted by molar-refractivity contribution is 5.03. The Morgan fingerprint density at radius 3 is 2.25 bits per heavy atom. The third kappa shape index (κ3) is 5.50. The first-order valence-electron chi connectivity index (χ1n) is 6.95. The Labute approximate surface area is 101 Å². The Balaban J connectivity index is 1.98. The van der Waals surface area contributed by atoms with Crippen LogP contribution in [0.15, 0.2) is 24.4 Å². The van der Waals surface area contributed by atoms with Crippen LogP contribution in [-0.4, -0.2) is 24.6 Å². The Morgan fingerprint density at radius 2 is 1.62 bits per heavy atom. The van der Waals surface area contributed by atoms with Crippen LogP contribution in [0, 0.1) is 0 Å². The van der Waals surface area contributed by atoms with Gasteiger partial charge in [-0.15, -0.1) is 0 Å². The van der Waals surface area contributed by atoms with E-state index < -0.39 is 0 Å². The Kier molecular flexibility index (Phi) is 6.47. The molecule has 0 N–H and O–H groups in total. The van der Waals surface area contributed by atoms with Gasteiger partial charge in [-0.2, -0.15) is 0 Å². The highest BCUT2D eigenvalue weighted by Gasteiger charge is 2.17. The topological polar surface area (TPSA) is 0 Å². The summed E-state index contributed by atoms with van der Waals surface area (Å²) >= 11 is 0. The van der Waals surface area contributed by atoms with Crippen LogP contribution in [0.1, 0.15) is 51.9 Å². The van der Waals surface area contributed by atoms with Crippen molar-refractivity contribution in [3.63, 3.8) is 0 Å². The van der Waals surface area contributed by atoms with E-state index in [1.807, 2.05) is 0 Å². The molecular weight excluding hydrogens is 194 g/mol. The summed E-state index contributed by atoms with van der Waals surface area (Å²) in [5, 5.41) is 0. The van der Waals surface area contributed by atoms with Crippen LogP contribution in [0.4, 0.5) is 0 Å². The van der Waals surface area contributed by atoms with E-state index in [4.69, 9.17) is 0 Å². The fourth-order valence-electron chi connectivity index (χ4n) is 2.29. The summed E-state index contributed by atoms with van der Waals surface area (Å²) in [6.45, 7) is 4.75. The molecule has 16 heavy (non-hydrogen) atoms. The first kappa shape index (κ1) is 13.5. The Hall–Kier alpha value is -0.560. The minimum Gasteiger partial charge on any atom is -0.296 e. The molecule has 0 aromatic rings. The van der Waals surface area contributed by atoms with E-state index >= 15 is 0 Å². The van der Waals surface area contributed by atoms with Gasteiger partial charge in [-0.1, -0.05) is 45.1 Å². The normalized spacial score (nSPS) is 23.9. The standard InChI is InChI=1S/C15H28N/c1-3-4-5-6-7-8-10-13-16(2)14-11-9-12-15-16/h9,11-12,14H,3-8,10,13,15H2,1-2H3/q+1. The molecule has 0 aromatic carbocycles. The summed E-state index contributed by atoms with van der Waals surface area (Å²) in [6, 6.07) is 0. The molecular formula is C15H28N+. The molecule has 1 rings (SSSR count). The van der Waals surface area contributed by atoms with E-state index in [9.17, 15) is 0 Å². The first-order valence-corrected chi connectivity index (χ1v) is 6.95. The highest BCUT2D eigenvalue weighted by atomic mass is 15.3. The van der Waals surface area contributed by atoms with E-state index in [0.29, 0.717) is 0 Å². The molecule has 0 amide bonds. The van der Waals surface area contributed by atoms with Crippen LogP contribution in [-0.2, 0) is 0 Å². The lowest BCUT2D eigenvalue weighted by Crippen LogP contribution is -2.40. The van der Waals surface area contributed by atoms with Crippen LogP contribution in [0.5, 0.6) is 0 Å². The van der Waals surface area contributed by atoms with Gasteiger partial charge in [0.15, 0.2) is 0 Å². The van der Waals surface area contributed by atoms with Crippen molar-refractivity contribution in [1.29, 1.82) is 0 Å². The molecule has 1 aliphatic rings. The lowest BCUT2D eigenvalue weighted by atomic mass is 10.1. The lowest BCUT2D eigenvalue weighted by Gasteiger charge is -2.30. The van der Waals surface area contributed by atoms with Gasteiger partial charge in [-0.3, -0.25) is 4.48 Å². The van der Waals surface area contributed by atoms with E-state index in [2.05, 4.69) is 38.4 Å². The third-order valence-electron chi connectivity index (χ3n) is 3.49. The van der Waals surface area contributed by atoms with E-state index in [-0.39, 0.29) is 0 Å². The first-order chi connectivity index (χ1) is 7.77. The largest absolute Gasteiger partial charge is 0.296 e. The molecule has 1 atom stereocenters. The average Bonchev–Trinajstić information content (AvgIpc) is 2.29. The number of unbranched alkanes of at least 4 members (excludes halogenated alkanes) is 6. The third-order valence-corrected chi connectivity index (χ3v) is 3.49. The molecule has 0 radical (unpaired) electrons. The minimum absolute atomic E-state index is 1.10. The van der Waals surface area contributed by atoms with E-state index in [1.54, 1.807) is 0 Å². The second kappa shape index (κ2) is 7.67. The molecule has 0 saturated heterocycles. The summed E-state index contributed by atoms with van der Waals surface area (Å²) in [5.41, 5.74) is 0. The molecule has 92 valence electrons. The van der Waals surface area contributed by atoms with Gasteiger partial charge in [-0.05, 0) is 25.0 Å². The number of rotatable bonds is 8. The Bertz CT molecular complexity index is 230. The van der Waals surface area contributed by atoms with Crippen LogP contribution in [0.25, 0.3) is 0 Å². The van der Waals surface area contributed by atoms with Crippen LogP contribution < -0.4 is 0 Å². The average molecular weight is 222 g/mol. The predicted molar refractivity (Wildman–Crippen MR) is 72.2 cm³/mol. The number of quaternary nitrogens is 1. The van der Waals surface area contributed by atoms with Crippen LogP contribution in [0.3, 0.4) is 0 Å². The lowest BCUT2D eigenvalue weighted by molar-refractivity contribution is -0.854. The van der Waals surface area contributed by atoms with Crippen molar-refractivity contribution >= 4 is 0 Å². The maximum Gasteiger partial charge on any atom is 0.102 e. The summed E-state index contributed by atoms with van der Waals surface area (Å²) in [6.07, 6.45) is 18.8. The predicted octanol–water partition coefficient (Wildman–Crippen LogP) is 4.27. The van der Waals surface area contributed by atoms with Gasteiger partial charge in [0.1, 0.15) is 6.54 Å². The van der Waals surface area contributed by atoms with E-state index in [0.717, 1.165) is 4.48 Å². The number of nitrogens with zero attached hydrogens (tertiary/aromatic N) is 1. The summed E-state index contributed by atoms with van der Waals surface area (Å²) < 4.78 is 1.10. The van der Waals surface area contributed by atoms with Crippen molar-refractivity contribution in [3.8, 4) is 0 Å². The van der Waals surface area contributed by atoms with Crippen molar-refractivity contribution in [1.82, 2.24) is 0 Å². The quantitative estimate of drug-likeness (QED) is 0.425. The van der Waals surface area contributed by atoms with Crippen molar-refractivity contribution in [3.05, 3.63) is 24.4 Å². The number of hydrogen-bond acceptors (Lipinski definition) is 0. The van der Waals surface area contributed by atoms with Gasteiger partial charge in [0.05, 0.1) is 19.8 Å². The number of likely N-dealkylation sites (N-methyl/N-ethyl adjacent to an activating group) is 1. The molecule has 1 aliphatic heterocycles. The van der Waals surface area contributed by atoms with Crippen molar-refractivity contribution < 1.29 is 4.48 Å². The number of hydrogen-bond donors (Lipinski definition) is 0. The zero-order valence-electron chi connectivity index (χ0n) is 11.1. The van der Waals surface area contributed by atoms with Crippen molar-refractivity contribution in [2.75, 3.05) is 20.1 Å². The molecule has 0 aromatic heterocycles. The second-order valence-corrected chi connectivity index (χ2v) is 5.28. The van der Waals surface area contributed by atoms with Gasteiger partial charge in [-0.25, -0.2) is 0 Å². The maximum absolute atomic E-state index is 2.33. The van der Waals surface area contributed by atoms with Gasteiger partial charge in [0.25, 0.3) is 0 Å². The SMILES string of the molecule is CCCCCCCCC[N+]1(C)C=CC=CC1. The maximum atomic E-state index is 2.33. The monoisotopic (exact) mass is 222 g/mol. The molecule has 1 heterocycles.